The lowest BCUT2D eigenvalue weighted by Gasteiger charge is -2.42. The Bertz CT molecular complexity index is 1070. The summed E-state index contributed by atoms with van der Waals surface area (Å²) < 4.78 is 5.25. The second-order valence-corrected chi connectivity index (χ2v) is 11.6. The molecule has 4 aliphatic rings. The Balaban J connectivity index is 1.19. The molecule has 2 saturated carbocycles. The summed E-state index contributed by atoms with van der Waals surface area (Å²) in [6.45, 7) is 0.985. The monoisotopic (exact) mass is 493 g/mol. The van der Waals surface area contributed by atoms with Gasteiger partial charge in [-0.15, -0.1) is 0 Å². The SMILES string of the molecule is COc1cc2c(cc1O)CC#CC1(CCC(CCC3CNC4CC(=O)CCC4C3)CC1O)C(=O)CC2. The zero-order valence-electron chi connectivity index (χ0n) is 21.4. The number of carbonyl (C=O) groups excluding carboxylic acids is 2. The Morgan fingerprint density at radius 3 is 2.72 bits per heavy atom. The number of phenols is 1. The van der Waals surface area contributed by atoms with Crippen molar-refractivity contribution < 1.29 is 24.5 Å². The highest BCUT2D eigenvalue weighted by Crippen LogP contribution is 2.44. The summed E-state index contributed by atoms with van der Waals surface area (Å²) in [5.41, 5.74) is 0.913. The molecular formula is C30H39NO5. The number of methoxy groups -OCH3 is 1. The minimum atomic E-state index is -0.973. The maximum Gasteiger partial charge on any atom is 0.160 e. The summed E-state index contributed by atoms with van der Waals surface area (Å²) in [4.78, 5) is 25.2. The molecular weight excluding hydrogens is 454 g/mol. The molecule has 6 unspecified atom stereocenters. The van der Waals surface area contributed by atoms with Gasteiger partial charge in [0.1, 0.15) is 11.2 Å². The molecule has 6 nitrogen and oxygen atoms in total. The van der Waals surface area contributed by atoms with Crippen LogP contribution in [0.4, 0.5) is 0 Å². The van der Waals surface area contributed by atoms with Gasteiger partial charge in [-0.2, -0.15) is 0 Å². The highest BCUT2D eigenvalue weighted by Gasteiger charge is 2.47. The van der Waals surface area contributed by atoms with Gasteiger partial charge in [-0.3, -0.25) is 9.59 Å². The average molecular weight is 494 g/mol. The number of carbonyl (C=O) groups is 2. The van der Waals surface area contributed by atoms with E-state index in [2.05, 4.69) is 17.2 Å². The van der Waals surface area contributed by atoms with Crippen LogP contribution in [0.2, 0.25) is 0 Å². The van der Waals surface area contributed by atoms with Gasteiger partial charge < -0.3 is 20.3 Å². The predicted octanol–water partition coefficient (Wildman–Crippen LogP) is 3.74. The van der Waals surface area contributed by atoms with Crippen molar-refractivity contribution in [1.82, 2.24) is 5.32 Å². The number of nitrogens with one attached hydrogen (secondary N) is 1. The fourth-order valence-corrected chi connectivity index (χ4v) is 7.12. The average Bonchev–Trinajstić information content (AvgIpc) is 2.93. The van der Waals surface area contributed by atoms with Crippen LogP contribution < -0.4 is 10.1 Å². The number of benzene rings is 1. The molecule has 3 fully saturated rings. The highest BCUT2D eigenvalue weighted by molar-refractivity contribution is 5.89. The van der Waals surface area contributed by atoms with Gasteiger partial charge in [0.15, 0.2) is 17.3 Å². The van der Waals surface area contributed by atoms with Gasteiger partial charge in [0.25, 0.3) is 0 Å². The van der Waals surface area contributed by atoms with Crippen molar-refractivity contribution in [3.63, 3.8) is 0 Å². The summed E-state index contributed by atoms with van der Waals surface area (Å²) in [5, 5.41) is 25.1. The van der Waals surface area contributed by atoms with Crippen molar-refractivity contribution in [2.45, 2.75) is 89.2 Å². The zero-order valence-corrected chi connectivity index (χ0v) is 21.4. The number of aliphatic hydroxyl groups excluding tert-OH is 1. The number of phenolic OH excluding ortho intramolecular Hbond substituents is 1. The third-order valence-electron chi connectivity index (χ3n) is 9.38. The number of Topliss-reactive ketones (excluding diaryl/α,β-unsaturated/α-hetero) is 2. The Morgan fingerprint density at radius 2 is 1.92 bits per heavy atom. The van der Waals surface area contributed by atoms with Crippen molar-refractivity contribution in [3.05, 3.63) is 23.3 Å². The van der Waals surface area contributed by atoms with Gasteiger partial charge in [-0.25, -0.2) is 0 Å². The van der Waals surface area contributed by atoms with Gasteiger partial charge in [-0.05, 0) is 92.5 Å². The minimum absolute atomic E-state index is 0.0372. The molecule has 3 aliphatic carbocycles. The van der Waals surface area contributed by atoms with Crippen molar-refractivity contribution in [1.29, 1.82) is 0 Å². The van der Waals surface area contributed by atoms with Crippen molar-refractivity contribution in [3.8, 4) is 23.3 Å². The van der Waals surface area contributed by atoms with E-state index in [1.807, 2.05) is 0 Å². The van der Waals surface area contributed by atoms with Crippen LogP contribution in [-0.4, -0.2) is 47.6 Å². The second-order valence-electron chi connectivity index (χ2n) is 11.6. The summed E-state index contributed by atoms with van der Waals surface area (Å²) in [5.74, 6) is 9.00. The molecule has 1 aromatic rings. The lowest BCUT2D eigenvalue weighted by molar-refractivity contribution is -0.134. The van der Waals surface area contributed by atoms with Crippen molar-refractivity contribution in [2.24, 2.45) is 23.2 Å². The molecule has 36 heavy (non-hydrogen) atoms. The van der Waals surface area contributed by atoms with E-state index in [1.165, 1.54) is 13.5 Å². The Morgan fingerprint density at radius 1 is 1.08 bits per heavy atom. The molecule has 3 N–H and O–H groups in total. The standard InChI is InChI=1S/C30H39NO5/c1-36-27-16-22-7-9-28(34)30(11-2-3-21(22)15-26(27)33)12-10-19(14-29(30)35)4-5-20-13-23-6-8-24(32)17-25(23)31-18-20/h15-16,19-20,23,25,29,31,33,35H,3-10,12-14,17-18H2,1H3. The van der Waals surface area contributed by atoms with Crippen LogP contribution in [0.3, 0.4) is 0 Å². The molecule has 5 rings (SSSR count). The van der Waals surface area contributed by atoms with E-state index < -0.39 is 11.5 Å². The molecule has 0 aromatic heterocycles. The molecule has 6 atom stereocenters. The maximum absolute atomic E-state index is 13.4. The molecule has 1 heterocycles. The fourth-order valence-electron chi connectivity index (χ4n) is 7.12. The first-order chi connectivity index (χ1) is 17.4. The van der Waals surface area contributed by atoms with Crippen LogP contribution in [0, 0.1) is 35.0 Å². The Labute approximate surface area is 214 Å². The largest absolute Gasteiger partial charge is 0.504 e. The van der Waals surface area contributed by atoms with Crippen molar-refractivity contribution >= 4 is 11.6 Å². The number of aryl methyl sites for hydroxylation is 1. The van der Waals surface area contributed by atoms with Gasteiger partial charge in [0.2, 0.25) is 0 Å². The van der Waals surface area contributed by atoms with Crippen LogP contribution in [0.15, 0.2) is 12.1 Å². The smallest absolute Gasteiger partial charge is 0.160 e. The number of aliphatic hydroxyl groups is 1. The second kappa shape index (κ2) is 10.6. The molecule has 0 amide bonds. The van der Waals surface area contributed by atoms with E-state index in [1.54, 1.807) is 12.1 Å². The van der Waals surface area contributed by atoms with Crippen LogP contribution in [0.1, 0.15) is 75.3 Å². The summed E-state index contributed by atoms with van der Waals surface area (Å²) in [6.07, 6.45) is 8.61. The normalized spacial score (nSPS) is 34.4. The van der Waals surface area contributed by atoms with Crippen molar-refractivity contribution in [2.75, 3.05) is 13.7 Å². The Hall–Kier alpha value is -2.36. The molecule has 0 bridgehead atoms. The third kappa shape index (κ3) is 5.06. The van der Waals surface area contributed by atoms with Crippen LogP contribution >= 0.6 is 0 Å². The van der Waals surface area contributed by atoms with E-state index in [9.17, 15) is 19.8 Å². The molecule has 194 valence electrons. The zero-order chi connectivity index (χ0) is 25.3. The predicted molar refractivity (Wildman–Crippen MR) is 137 cm³/mol. The quantitative estimate of drug-likeness (QED) is 0.553. The molecule has 1 spiro atoms. The van der Waals surface area contributed by atoms with Gasteiger partial charge in [-0.1, -0.05) is 18.3 Å². The van der Waals surface area contributed by atoms with E-state index in [-0.39, 0.29) is 11.5 Å². The van der Waals surface area contributed by atoms with Gasteiger partial charge >= 0.3 is 0 Å². The minimum Gasteiger partial charge on any atom is -0.504 e. The first-order valence-corrected chi connectivity index (χ1v) is 13.7. The van der Waals surface area contributed by atoms with Gasteiger partial charge in [0.05, 0.1) is 13.2 Å². The number of aromatic hydroxyl groups is 1. The number of ether oxygens (including phenoxy) is 1. The van der Waals surface area contributed by atoms with E-state index in [4.69, 9.17) is 4.74 Å². The maximum atomic E-state index is 13.4. The van der Waals surface area contributed by atoms with Gasteiger partial charge in [0, 0.05) is 31.7 Å². The third-order valence-corrected chi connectivity index (χ3v) is 9.38. The van der Waals surface area contributed by atoms with E-state index in [0.29, 0.717) is 73.9 Å². The van der Waals surface area contributed by atoms with Crippen LogP contribution in [-0.2, 0) is 22.4 Å². The molecule has 1 saturated heterocycles. The number of piperidine rings is 1. The summed E-state index contributed by atoms with van der Waals surface area (Å²) >= 11 is 0. The molecule has 6 heteroatoms. The molecule has 0 radical (unpaired) electrons. The fraction of sp³-hybridized carbons (Fsp3) is 0.667. The summed E-state index contributed by atoms with van der Waals surface area (Å²) in [6, 6.07) is 3.87. The van der Waals surface area contributed by atoms with E-state index >= 15 is 0 Å². The number of rotatable bonds is 4. The number of hydrogen-bond acceptors (Lipinski definition) is 6. The molecule has 1 aliphatic heterocycles. The van der Waals surface area contributed by atoms with Crippen LogP contribution in [0.5, 0.6) is 11.5 Å². The first-order valence-electron chi connectivity index (χ1n) is 13.7. The first kappa shape index (κ1) is 25.3. The summed E-state index contributed by atoms with van der Waals surface area (Å²) in [7, 11) is 1.52. The number of fused-ring (bicyclic) bond motifs is 2. The highest BCUT2D eigenvalue weighted by atomic mass is 16.5. The lowest BCUT2D eigenvalue weighted by atomic mass is 9.64. The number of hydrogen-bond donors (Lipinski definition) is 3. The topological polar surface area (TPSA) is 95.9 Å². The lowest BCUT2D eigenvalue weighted by Crippen LogP contribution is -2.49. The van der Waals surface area contributed by atoms with E-state index in [0.717, 1.165) is 49.8 Å². The number of ketones is 2. The Kier molecular flexibility index (Phi) is 7.42. The van der Waals surface area contributed by atoms with Crippen LogP contribution in [0.25, 0.3) is 0 Å². The molecule has 1 aromatic carbocycles.